The third-order valence-electron chi connectivity index (χ3n) is 2.06. The smallest absolute Gasteiger partial charge is 0.362 e. The lowest BCUT2D eigenvalue weighted by Crippen LogP contribution is -2.23. The average Bonchev–Trinajstić information content (AvgIpc) is 2.29. The van der Waals surface area contributed by atoms with E-state index in [1.54, 1.807) is 26.0 Å². The third-order valence-corrected chi connectivity index (χ3v) is 4.24. The summed E-state index contributed by atoms with van der Waals surface area (Å²) in [7, 11) is -3.46. The van der Waals surface area contributed by atoms with E-state index in [1.165, 1.54) is 12.1 Å². The molecule has 5 nitrogen and oxygen atoms in total. The molecule has 0 fully saturated rings. The minimum Gasteiger partial charge on any atom is -0.366 e. The largest absolute Gasteiger partial charge is 0.366 e. The molecule has 0 radical (unpaired) electrons. The first-order valence-corrected chi connectivity index (χ1v) is 6.88. The molecular weight excluding hydrogens is 241 g/mol. The van der Waals surface area contributed by atoms with E-state index in [0.29, 0.717) is 0 Å². The van der Waals surface area contributed by atoms with Gasteiger partial charge < -0.3 is 14.8 Å². The summed E-state index contributed by atoms with van der Waals surface area (Å²) in [5.74, 6) is -0.653. The van der Waals surface area contributed by atoms with Gasteiger partial charge >= 0.3 is 7.60 Å². The van der Waals surface area contributed by atoms with Crippen molar-refractivity contribution >= 4 is 18.8 Å². The predicted octanol–water partition coefficient (Wildman–Crippen LogP) is 1.68. The zero-order valence-electron chi connectivity index (χ0n) is 9.88. The molecule has 0 spiro atoms. The monoisotopic (exact) mass is 257 g/mol. The molecule has 0 aliphatic heterocycles. The molecule has 0 saturated carbocycles. The van der Waals surface area contributed by atoms with Gasteiger partial charge in [0, 0.05) is 0 Å². The van der Waals surface area contributed by atoms with Gasteiger partial charge in [-0.25, -0.2) is 0 Å². The molecule has 1 amide bonds. The van der Waals surface area contributed by atoms with Crippen molar-refractivity contribution in [1.29, 1.82) is 0 Å². The Balaban J connectivity index is 3.28. The number of hydrogen-bond donors (Lipinski definition) is 1. The number of nitrogens with two attached hydrogens (primary N) is 1. The van der Waals surface area contributed by atoms with Crippen molar-refractivity contribution in [2.24, 2.45) is 5.73 Å². The Bertz CT molecular complexity index is 437. The molecule has 0 saturated heterocycles. The molecule has 0 bridgehead atoms. The first-order valence-electron chi connectivity index (χ1n) is 5.33. The summed E-state index contributed by atoms with van der Waals surface area (Å²) in [6.45, 7) is 3.87. The van der Waals surface area contributed by atoms with Gasteiger partial charge in [0.1, 0.15) is 0 Å². The minimum atomic E-state index is -3.46. The van der Waals surface area contributed by atoms with Crippen LogP contribution in [0.15, 0.2) is 24.3 Å². The average molecular weight is 257 g/mol. The summed E-state index contributed by atoms with van der Waals surface area (Å²) in [4.78, 5) is 11.3. The van der Waals surface area contributed by atoms with Crippen LogP contribution >= 0.6 is 7.60 Å². The van der Waals surface area contributed by atoms with Crippen LogP contribution in [-0.4, -0.2) is 19.1 Å². The second kappa shape index (κ2) is 5.96. The summed E-state index contributed by atoms with van der Waals surface area (Å²) in [6.07, 6.45) is 0. The maximum atomic E-state index is 12.5. The van der Waals surface area contributed by atoms with Crippen LogP contribution in [0.5, 0.6) is 0 Å². The molecule has 94 valence electrons. The summed E-state index contributed by atoms with van der Waals surface area (Å²) in [5, 5.41) is 0.219. The van der Waals surface area contributed by atoms with E-state index in [9.17, 15) is 9.36 Å². The summed E-state index contributed by atoms with van der Waals surface area (Å²) in [6, 6.07) is 6.34. The fourth-order valence-electron chi connectivity index (χ4n) is 1.44. The van der Waals surface area contributed by atoms with Gasteiger partial charge in [-0.05, 0) is 26.0 Å². The molecule has 0 atom stereocenters. The van der Waals surface area contributed by atoms with E-state index in [4.69, 9.17) is 14.8 Å². The topological polar surface area (TPSA) is 78.6 Å². The Morgan fingerprint density at radius 2 is 1.76 bits per heavy atom. The number of primary amides is 1. The highest BCUT2D eigenvalue weighted by Gasteiger charge is 2.30. The van der Waals surface area contributed by atoms with Crippen molar-refractivity contribution in [2.45, 2.75) is 13.8 Å². The molecule has 1 aromatic rings. The van der Waals surface area contributed by atoms with Crippen LogP contribution in [0.1, 0.15) is 24.2 Å². The van der Waals surface area contributed by atoms with Gasteiger partial charge in [0.15, 0.2) is 0 Å². The zero-order chi connectivity index (χ0) is 12.9. The fourth-order valence-corrected chi connectivity index (χ4v) is 3.22. The number of rotatable bonds is 6. The number of benzene rings is 1. The van der Waals surface area contributed by atoms with E-state index < -0.39 is 13.5 Å². The Hall–Kier alpha value is -1.16. The van der Waals surface area contributed by atoms with Crippen molar-refractivity contribution in [3.05, 3.63) is 29.8 Å². The molecule has 17 heavy (non-hydrogen) atoms. The molecule has 0 aliphatic rings. The van der Waals surface area contributed by atoms with E-state index in [0.717, 1.165) is 0 Å². The van der Waals surface area contributed by atoms with E-state index in [1.807, 2.05) is 0 Å². The minimum absolute atomic E-state index is 0.165. The van der Waals surface area contributed by atoms with Crippen LogP contribution in [0, 0.1) is 0 Å². The lowest BCUT2D eigenvalue weighted by molar-refractivity contribution is 0.100. The molecule has 0 aromatic heterocycles. The van der Waals surface area contributed by atoms with Crippen LogP contribution in [0.25, 0.3) is 0 Å². The maximum Gasteiger partial charge on any atom is 0.362 e. The fraction of sp³-hybridized carbons (Fsp3) is 0.364. The molecule has 1 rings (SSSR count). The molecule has 0 aliphatic carbocycles. The van der Waals surface area contributed by atoms with E-state index >= 15 is 0 Å². The van der Waals surface area contributed by atoms with Crippen LogP contribution in [0.2, 0.25) is 0 Å². The highest BCUT2D eigenvalue weighted by molar-refractivity contribution is 7.62. The van der Waals surface area contributed by atoms with Gasteiger partial charge in [0.25, 0.3) is 0 Å². The van der Waals surface area contributed by atoms with Crippen LogP contribution in [0.3, 0.4) is 0 Å². The van der Waals surface area contributed by atoms with Gasteiger partial charge in [0.05, 0.1) is 24.1 Å². The van der Waals surface area contributed by atoms with E-state index in [2.05, 4.69) is 0 Å². The van der Waals surface area contributed by atoms with Gasteiger partial charge in [-0.15, -0.1) is 0 Å². The second-order valence-corrected chi connectivity index (χ2v) is 5.21. The molecule has 2 N–H and O–H groups in total. The highest BCUT2D eigenvalue weighted by Crippen LogP contribution is 2.47. The number of hydrogen-bond acceptors (Lipinski definition) is 4. The SMILES string of the molecule is CCOP(=O)(OCC)c1ccccc1C(N)=O. The molecule has 0 heterocycles. The number of amides is 1. The standard InChI is InChI=1S/C11H16NO4P/c1-3-15-17(14,16-4-2)10-8-6-5-7-9(10)11(12)13/h5-8H,3-4H2,1-2H3,(H2,12,13). The first-order chi connectivity index (χ1) is 8.05. The zero-order valence-corrected chi connectivity index (χ0v) is 10.8. The van der Waals surface area contributed by atoms with Crippen molar-refractivity contribution in [1.82, 2.24) is 0 Å². The van der Waals surface area contributed by atoms with Crippen LogP contribution in [0.4, 0.5) is 0 Å². The van der Waals surface area contributed by atoms with Gasteiger partial charge in [-0.2, -0.15) is 0 Å². The molecular formula is C11H16NO4P. The van der Waals surface area contributed by atoms with Gasteiger partial charge in [-0.3, -0.25) is 9.36 Å². The quantitative estimate of drug-likeness (QED) is 0.786. The Morgan fingerprint density at radius 3 is 2.24 bits per heavy atom. The molecule has 6 heteroatoms. The summed E-state index contributed by atoms with van der Waals surface area (Å²) in [5.41, 5.74) is 5.40. The molecule has 0 unspecified atom stereocenters. The normalized spacial score (nSPS) is 11.4. The number of carbonyl (C=O) groups excluding carboxylic acids is 1. The van der Waals surface area contributed by atoms with Gasteiger partial charge in [0.2, 0.25) is 5.91 Å². The van der Waals surface area contributed by atoms with Crippen molar-refractivity contribution in [2.75, 3.05) is 13.2 Å². The first kappa shape index (κ1) is 13.9. The molecule has 1 aromatic carbocycles. The van der Waals surface area contributed by atoms with Gasteiger partial charge in [-0.1, -0.05) is 12.1 Å². The lowest BCUT2D eigenvalue weighted by Gasteiger charge is -2.18. The Labute approximate surface area is 100 Å². The Kier molecular flexibility index (Phi) is 4.87. The predicted molar refractivity (Wildman–Crippen MR) is 65.5 cm³/mol. The van der Waals surface area contributed by atoms with Crippen LogP contribution < -0.4 is 11.0 Å². The second-order valence-electron chi connectivity index (χ2n) is 3.21. The maximum absolute atomic E-state index is 12.5. The highest BCUT2D eigenvalue weighted by atomic mass is 31.2. The van der Waals surface area contributed by atoms with Crippen molar-refractivity contribution in [3.8, 4) is 0 Å². The summed E-state index contributed by atoms with van der Waals surface area (Å²) >= 11 is 0. The van der Waals surface area contributed by atoms with Crippen molar-refractivity contribution in [3.63, 3.8) is 0 Å². The Morgan fingerprint density at radius 1 is 1.24 bits per heavy atom. The number of carbonyl (C=O) groups is 1. The lowest BCUT2D eigenvalue weighted by atomic mass is 10.2. The van der Waals surface area contributed by atoms with Crippen molar-refractivity contribution < 1.29 is 18.4 Å². The third kappa shape index (κ3) is 3.16. The van der Waals surface area contributed by atoms with E-state index in [-0.39, 0.29) is 24.1 Å². The summed E-state index contributed by atoms with van der Waals surface area (Å²) < 4.78 is 22.8. The van der Waals surface area contributed by atoms with Crippen LogP contribution in [-0.2, 0) is 13.6 Å².